The van der Waals surface area contributed by atoms with Crippen molar-refractivity contribution in [3.05, 3.63) is 80.9 Å². The van der Waals surface area contributed by atoms with E-state index >= 15 is 0 Å². The standard InChI is InChI=1S/C35H38ClN7O12/c1-4-5-10-27-37-32(36)29(42(27)16-21-11-13-22(14-12-21)23-8-6-7-9-24(23)33-38-40-41-39-33)34(45)51-20(3)52-35(46)54-26-18-50-30-25(17-49-31(26)30)53-28(44)15-19(2)55-43(47)48/h6-9,11-14,19-20,25-26,30-31H,4-5,10,15-18H2,1-3H3,(H,38,39,40,41)/t19-,20?,25+,26+,30?,31?/m1/s1. The first-order chi connectivity index (χ1) is 26.5. The number of tetrazole rings is 1. The third kappa shape index (κ3) is 9.53. The van der Waals surface area contributed by atoms with Crippen LogP contribution in [0.1, 0.15) is 61.9 Å². The van der Waals surface area contributed by atoms with Crippen molar-refractivity contribution >= 4 is 29.7 Å². The summed E-state index contributed by atoms with van der Waals surface area (Å²) in [4.78, 5) is 57.8. The predicted molar refractivity (Wildman–Crippen MR) is 188 cm³/mol. The highest BCUT2D eigenvalue weighted by molar-refractivity contribution is 6.32. The van der Waals surface area contributed by atoms with Gasteiger partial charge in [0.25, 0.3) is 5.09 Å². The number of imidazole rings is 1. The fourth-order valence-corrected chi connectivity index (χ4v) is 6.60. The number of ether oxygens (including phenoxy) is 6. The number of esters is 2. The van der Waals surface area contributed by atoms with E-state index in [2.05, 4.69) is 30.4 Å². The third-order valence-corrected chi connectivity index (χ3v) is 9.08. The lowest BCUT2D eigenvalue weighted by Crippen LogP contribution is -2.37. The molecule has 1 N–H and O–H groups in total. The number of unbranched alkanes of at least 4 members (excludes halogenated alkanes) is 1. The molecule has 2 aromatic heterocycles. The van der Waals surface area contributed by atoms with Crippen LogP contribution < -0.4 is 0 Å². The second kappa shape index (κ2) is 17.7. The van der Waals surface area contributed by atoms with Crippen molar-refractivity contribution in [2.75, 3.05) is 13.2 Å². The maximum Gasteiger partial charge on any atom is 0.511 e. The molecule has 0 saturated carbocycles. The maximum absolute atomic E-state index is 13.5. The highest BCUT2D eigenvalue weighted by atomic mass is 35.5. The van der Waals surface area contributed by atoms with Crippen LogP contribution in [0, 0.1) is 10.1 Å². The lowest BCUT2D eigenvalue weighted by atomic mass is 9.98. The van der Waals surface area contributed by atoms with E-state index in [0.717, 1.165) is 35.1 Å². The van der Waals surface area contributed by atoms with Gasteiger partial charge in [0.15, 0.2) is 23.1 Å². The summed E-state index contributed by atoms with van der Waals surface area (Å²) in [5, 5.41) is 23.8. The number of aryl methyl sites for hydroxylation is 1. The van der Waals surface area contributed by atoms with Gasteiger partial charge in [0.05, 0.1) is 19.6 Å². The van der Waals surface area contributed by atoms with Gasteiger partial charge < -0.3 is 37.8 Å². The van der Waals surface area contributed by atoms with Gasteiger partial charge in [0.2, 0.25) is 12.1 Å². The number of H-pyrrole nitrogens is 1. The average Bonchev–Trinajstić information content (AvgIpc) is 3.94. The van der Waals surface area contributed by atoms with Crippen molar-refractivity contribution in [2.45, 2.75) is 89.8 Å². The van der Waals surface area contributed by atoms with Crippen molar-refractivity contribution in [1.29, 1.82) is 0 Å². The van der Waals surface area contributed by atoms with Crippen LogP contribution in [0.2, 0.25) is 5.15 Å². The van der Waals surface area contributed by atoms with Gasteiger partial charge in [-0.15, -0.1) is 20.3 Å². The molecule has 0 spiro atoms. The van der Waals surface area contributed by atoms with Crippen LogP contribution in [0.15, 0.2) is 48.5 Å². The van der Waals surface area contributed by atoms with Crippen LogP contribution in [-0.2, 0) is 51.0 Å². The van der Waals surface area contributed by atoms with Crippen LogP contribution >= 0.6 is 11.6 Å². The summed E-state index contributed by atoms with van der Waals surface area (Å²) in [6.45, 7) is 4.85. The molecule has 0 radical (unpaired) electrons. The first-order valence-corrected chi connectivity index (χ1v) is 17.9. The van der Waals surface area contributed by atoms with E-state index in [9.17, 15) is 24.5 Å². The van der Waals surface area contributed by atoms with Crippen molar-refractivity contribution in [3.8, 4) is 22.5 Å². The van der Waals surface area contributed by atoms with Crippen LogP contribution in [0.5, 0.6) is 0 Å². The number of rotatable bonds is 16. The van der Waals surface area contributed by atoms with E-state index in [-0.39, 0.29) is 37.0 Å². The highest BCUT2D eigenvalue weighted by Crippen LogP contribution is 2.32. The molecule has 2 aliphatic rings. The van der Waals surface area contributed by atoms with Gasteiger partial charge in [-0.2, -0.15) is 5.21 Å². The minimum atomic E-state index is -1.39. The molecule has 19 nitrogen and oxygen atoms in total. The fourth-order valence-electron chi connectivity index (χ4n) is 6.32. The van der Waals surface area contributed by atoms with Crippen molar-refractivity contribution in [2.24, 2.45) is 0 Å². The number of nitrogens with zero attached hydrogens (tertiary/aromatic N) is 6. The zero-order valence-corrected chi connectivity index (χ0v) is 30.7. The Kier molecular flexibility index (Phi) is 12.5. The van der Waals surface area contributed by atoms with E-state index in [1.54, 1.807) is 4.57 Å². The first-order valence-electron chi connectivity index (χ1n) is 17.5. The number of halogens is 1. The van der Waals surface area contributed by atoms with Gasteiger partial charge in [-0.25, -0.2) is 14.6 Å². The van der Waals surface area contributed by atoms with Crippen LogP contribution in [-0.4, -0.2) is 103 Å². The minimum absolute atomic E-state index is 0.00516. The molecule has 4 aromatic rings. The van der Waals surface area contributed by atoms with Crippen molar-refractivity contribution < 1.29 is 52.7 Å². The Morgan fingerprint density at radius 3 is 2.36 bits per heavy atom. The largest absolute Gasteiger partial charge is 0.511 e. The van der Waals surface area contributed by atoms with Gasteiger partial charge in [-0.1, -0.05) is 73.5 Å². The maximum atomic E-state index is 13.5. The fraction of sp³-hybridized carbons (Fsp3) is 0.457. The number of fused-ring (bicyclic) bond motifs is 1. The monoisotopic (exact) mass is 783 g/mol. The summed E-state index contributed by atoms with van der Waals surface area (Å²) in [5.74, 6) is -0.549. The van der Waals surface area contributed by atoms with E-state index in [1.807, 2.05) is 55.5 Å². The molecule has 0 bridgehead atoms. The molecule has 2 aliphatic heterocycles. The number of aromatic amines is 1. The van der Waals surface area contributed by atoms with Gasteiger partial charge >= 0.3 is 18.1 Å². The molecule has 292 valence electrons. The second-order valence-electron chi connectivity index (χ2n) is 12.8. The molecular formula is C35H38ClN7O12. The number of carbonyl (C=O) groups excluding carboxylic acids is 3. The predicted octanol–water partition coefficient (Wildman–Crippen LogP) is 4.50. The Hall–Kier alpha value is -5.66. The lowest BCUT2D eigenvalue weighted by Gasteiger charge is -2.19. The lowest BCUT2D eigenvalue weighted by molar-refractivity contribution is -0.767. The Labute approximate surface area is 318 Å². The highest BCUT2D eigenvalue weighted by Gasteiger charge is 2.51. The molecular weight excluding hydrogens is 746 g/mol. The molecule has 0 amide bonds. The summed E-state index contributed by atoms with van der Waals surface area (Å²) in [6.07, 6.45) is -4.97. The molecule has 0 aliphatic carbocycles. The van der Waals surface area contributed by atoms with Crippen molar-refractivity contribution in [1.82, 2.24) is 30.2 Å². The Bertz CT molecular complexity index is 1980. The Morgan fingerprint density at radius 2 is 1.71 bits per heavy atom. The molecule has 3 unspecified atom stereocenters. The smallest absolute Gasteiger partial charge is 0.457 e. The zero-order chi connectivity index (χ0) is 39.1. The number of hydrogen-bond acceptors (Lipinski definition) is 16. The van der Waals surface area contributed by atoms with Gasteiger partial charge in [0, 0.05) is 25.5 Å². The molecule has 55 heavy (non-hydrogen) atoms. The summed E-state index contributed by atoms with van der Waals surface area (Å²) < 4.78 is 34.5. The summed E-state index contributed by atoms with van der Waals surface area (Å²) >= 11 is 6.53. The Balaban J connectivity index is 1.06. The second-order valence-corrected chi connectivity index (χ2v) is 13.2. The van der Waals surface area contributed by atoms with Gasteiger partial charge in [0.1, 0.15) is 24.1 Å². The minimum Gasteiger partial charge on any atom is -0.457 e. The van der Waals surface area contributed by atoms with E-state index in [1.165, 1.54) is 13.8 Å². The molecule has 2 fully saturated rings. The number of hydrogen-bond donors (Lipinski definition) is 1. The molecule has 6 rings (SSSR count). The average molecular weight is 784 g/mol. The third-order valence-electron chi connectivity index (χ3n) is 8.82. The number of nitrogens with one attached hydrogen (secondary N) is 1. The van der Waals surface area contributed by atoms with E-state index in [4.69, 9.17) is 40.0 Å². The van der Waals surface area contributed by atoms with Crippen LogP contribution in [0.25, 0.3) is 22.5 Å². The van der Waals surface area contributed by atoms with E-state index in [0.29, 0.717) is 18.1 Å². The quantitative estimate of drug-likeness (QED) is 0.0542. The van der Waals surface area contributed by atoms with Gasteiger partial charge in [-0.05, 0) is 35.2 Å². The number of benzene rings is 2. The molecule has 4 heterocycles. The summed E-state index contributed by atoms with van der Waals surface area (Å²) in [6, 6.07) is 15.5. The topological polar surface area (TPSA) is 231 Å². The Morgan fingerprint density at radius 1 is 1.02 bits per heavy atom. The molecule has 20 heteroatoms. The summed E-state index contributed by atoms with van der Waals surface area (Å²) in [7, 11) is 0. The first kappa shape index (κ1) is 39.0. The SMILES string of the molecule is CCCCc1nc(Cl)c(C(=O)OC(C)OC(=O)O[C@H]2COC3C2OC[C@@H]3OC(=O)C[C@@H](C)O[N+](=O)[O-])n1Cc1ccc(-c2ccccc2-c2nn[nH]n2)cc1. The molecule has 2 saturated heterocycles. The van der Waals surface area contributed by atoms with E-state index < -0.39 is 60.0 Å². The zero-order valence-electron chi connectivity index (χ0n) is 30.0. The number of carbonyl (C=O) groups is 3. The van der Waals surface area contributed by atoms with Crippen molar-refractivity contribution in [3.63, 3.8) is 0 Å². The molecule has 2 aromatic carbocycles. The summed E-state index contributed by atoms with van der Waals surface area (Å²) in [5.41, 5.74) is 3.50. The normalized spacial score (nSPS) is 19.9. The van der Waals surface area contributed by atoms with Gasteiger partial charge in [-0.3, -0.25) is 4.79 Å². The van der Waals surface area contributed by atoms with Crippen LogP contribution in [0.3, 0.4) is 0 Å². The molecule has 6 atom stereocenters. The number of aromatic nitrogens is 6. The van der Waals surface area contributed by atoms with Crippen LogP contribution in [0.4, 0.5) is 4.79 Å².